The number of allylic oxidation sites excluding steroid dienone is 4. The molecule has 3 aliphatic rings. The van der Waals surface area contributed by atoms with Gasteiger partial charge in [-0.25, -0.2) is 21.6 Å². The Kier molecular flexibility index (Phi) is 12.5. The van der Waals surface area contributed by atoms with E-state index in [9.17, 15) is 40.3 Å². The van der Waals surface area contributed by atoms with Crippen LogP contribution in [0, 0.1) is 0 Å². The van der Waals surface area contributed by atoms with Gasteiger partial charge in [-0.2, -0.15) is 4.58 Å². The van der Waals surface area contributed by atoms with Gasteiger partial charge < -0.3 is 18.8 Å². The van der Waals surface area contributed by atoms with Gasteiger partial charge in [0.25, 0.3) is 11.8 Å². The molecule has 0 radical (unpaired) electrons. The number of hydroxylamine groups is 2. The van der Waals surface area contributed by atoms with Crippen LogP contribution < -0.4 is 56.3 Å². The maximum atomic E-state index is 12.3. The number of nitrogens with zero attached hydrogens (tertiary/aromatic N) is 3. The van der Waals surface area contributed by atoms with Gasteiger partial charge >= 0.3 is 57.4 Å². The van der Waals surface area contributed by atoms with Crippen LogP contribution in [-0.4, -0.2) is 72.2 Å². The molecule has 1 fully saturated rings. The van der Waals surface area contributed by atoms with Crippen LogP contribution in [-0.2, 0) is 50.3 Å². The third kappa shape index (κ3) is 8.34. The first kappa shape index (κ1) is 41.2. The van der Waals surface area contributed by atoms with Crippen LogP contribution in [0.4, 0.5) is 11.4 Å². The molecule has 0 N–H and O–H groups in total. The third-order valence-corrected chi connectivity index (χ3v) is 11.3. The van der Waals surface area contributed by atoms with Gasteiger partial charge in [0.05, 0.1) is 15.2 Å². The summed E-state index contributed by atoms with van der Waals surface area (Å²) in [6.07, 6.45) is 7.49. The van der Waals surface area contributed by atoms with Crippen molar-refractivity contribution in [3.8, 4) is 0 Å². The summed E-state index contributed by atoms with van der Waals surface area (Å²) >= 11 is 0. The number of benzene rings is 2. The number of carbonyl (C=O) groups is 3. The molecule has 51 heavy (non-hydrogen) atoms. The number of hydrogen-bond acceptors (Lipinski definition) is 11. The molecule has 2 aromatic rings. The van der Waals surface area contributed by atoms with Crippen LogP contribution in [0.25, 0.3) is 0 Å². The first-order chi connectivity index (χ1) is 23.3. The van der Waals surface area contributed by atoms with Crippen LogP contribution in [0.5, 0.6) is 0 Å². The van der Waals surface area contributed by atoms with Crippen LogP contribution in [0.2, 0.25) is 0 Å². The Hall–Kier alpha value is -2.54. The van der Waals surface area contributed by atoms with Crippen molar-refractivity contribution < 1.29 is 101 Å². The zero-order valence-electron chi connectivity index (χ0n) is 29.6. The summed E-state index contributed by atoms with van der Waals surface area (Å²) in [6, 6.07) is 8.74. The number of rotatable bonds is 12. The van der Waals surface area contributed by atoms with E-state index in [2.05, 4.69) is 9.48 Å². The quantitative estimate of drug-likeness (QED) is 0.0998. The first-order valence-electron chi connectivity index (χ1n) is 16.4. The summed E-state index contributed by atoms with van der Waals surface area (Å²) < 4.78 is 73.2. The van der Waals surface area contributed by atoms with Crippen LogP contribution >= 0.6 is 0 Å². The first-order valence-corrected chi connectivity index (χ1v) is 19.2. The number of amides is 2. The Morgan fingerprint density at radius 2 is 1.47 bits per heavy atom. The zero-order valence-corrected chi connectivity index (χ0v) is 34.3. The van der Waals surface area contributed by atoms with E-state index in [1.165, 1.54) is 24.3 Å². The second-order valence-electron chi connectivity index (χ2n) is 13.6. The van der Waals surface area contributed by atoms with Crippen molar-refractivity contribution in [3.63, 3.8) is 0 Å². The minimum Gasteiger partial charge on any atom is -0.744 e. The van der Waals surface area contributed by atoms with Crippen molar-refractivity contribution in [1.29, 1.82) is 0 Å². The Labute approximate surface area is 341 Å². The van der Waals surface area contributed by atoms with Gasteiger partial charge in [-0.3, -0.25) is 9.59 Å². The molecule has 3 aliphatic heterocycles. The molecule has 0 unspecified atom stereocenters. The number of carbonyl (C=O) groups excluding carboxylic acids is 3. The smallest absolute Gasteiger partial charge is 0.744 e. The number of fused-ring (bicyclic) bond motifs is 2. The predicted octanol–water partition coefficient (Wildman–Crippen LogP) is 1.30. The molecule has 0 aliphatic carbocycles. The third-order valence-electron chi connectivity index (χ3n) is 9.59. The maximum Gasteiger partial charge on any atom is 1.00 e. The molecule has 0 aromatic heterocycles. The van der Waals surface area contributed by atoms with Crippen molar-refractivity contribution in [3.05, 3.63) is 71.5 Å². The fourth-order valence-corrected chi connectivity index (χ4v) is 7.95. The molecule has 2 aromatic carbocycles. The molecular formula is C35H40KN3O10S2. The summed E-state index contributed by atoms with van der Waals surface area (Å²) in [7, 11) is -9.35. The largest absolute Gasteiger partial charge is 1.00 e. The Bertz CT molecular complexity index is 2070. The fourth-order valence-electron chi connectivity index (χ4n) is 6.95. The van der Waals surface area contributed by atoms with E-state index in [1.807, 2.05) is 52.8 Å². The van der Waals surface area contributed by atoms with E-state index in [4.69, 9.17) is 4.84 Å². The molecule has 2 amide bonds. The number of likely N-dealkylation sites (N-methyl/N-ethyl adjacent to an activating group) is 1. The normalized spacial score (nSPS) is 18.8. The van der Waals surface area contributed by atoms with Crippen molar-refractivity contribution in [2.24, 2.45) is 0 Å². The summed E-state index contributed by atoms with van der Waals surface area (Å²) in [5, 5.41) is 0.532. The van der Waals surface area contributed by atoms with Crippen molar-refractivity contribution in [2.45, 2.75) is 93.8 Å². The van der Waals surface area contributed by atoms with Crippen molar-refractivity contribution in [1.82, 2.24) is 5.06 Å². The van der Waals surface area contributed by atoms with Gasteiger partial charge in [0.2, 0.25) is 5.69 Å². The maximum absolute atomic E-state index is 12.3. The second-order valence-corrected chi connectivity index (χ2v) is 16.3. The van der Waals surface area contributed by atoms with E-state index in [0.717, 1.165) is 22.8 Å². The SMILES string of the molecule is CCN1C(=CC=CC2=[N+](CCCCCC(=O)ON3C(=O)CCC3=O)c3ccc(S(=O)(=O)[O-])cc3C2(C)C)C(C)(C)c2cc(S(=O)(=O)[O-])ccc21.[K+]. The van der Waals surface area contributed by atoms with Crippen molar-refractivity contribution >= 4 is 55.1 Å². The summed E-state index contributed by atoms with van der Waals surface area (Å²) in [5.41, 5.74) is 3.31. The zero-order chi connectivity index (χ0) is 36.8. The standard InChI is InChI=1S/C35H41N3O10S2.K/c1-6-36-27-16-14-23(49(42,43)44)21-25(27)34(2,3)29(36)11-10-12-30-35(4,5)26-22-24(50(45,46)47)15-17-28(26)37(30)20-9-7-8-13-33(41)48-38-31(39)18-19-32(38)40;/h10-12,14-17,21-22H,6-9,13,18-20H2,1-5H3,(H-,42,43,44,45,46,47);/q;+1/p-1. The van der Waals surface area contributed by atoms with Gasteiger partial charge in [-0.05, 0) is 75.6 Å². The van der Waals surface area contributed by atoms with Gasteiger partial charge in [-0.1, -0.05) is 19.9 Å². The molecule has 0 atom stereocenters. The van der Waals surface area contributed by atoms with Gasteiger partial charge in [0, 0.05) is 66.7 Å². The number of unbranched alkanes of at least 4 members (excludes halogenated alkanes) is 2. The van der Waals surface area contributed by atoms with Gasteiger partial charge in [0.15, 0.2) is 5.71 Å². The Morgan fingerprint density at radius 3 is 2.06 bits per heavy atom. The summed E-state index contributed by atoms with van der Waals surface area (Å²) in [6.45, 7) is 10.9. The molecular weight excluding hydrogens is 726 g/mol. The van der Waals surface area contributed by atoms with E-state index in [-0.39, 0.29) is 80.4 Å². The number of hydrogen-bond donors (Lipinski definition) is 0. The fraction of sp³-hybridized carbons (Fsp3) is 0.429. The molecule has 1 saturated heterocycles. The van der Waals surface area contributed by atoms with E-state index < -0.39 is 48.8 Å². The van der Waals surface area contributed by atoms with E-state index in [0.29, 0.717) is 48.5 Å². The molecule has 13 nitrogen and oxygen atoms in total. The molecule has 268 valence electrons. The van der Waals surface area contributed by atoms with Crippen molar-refractivity contribution in [2.75, 3.05) is 18.0 Å². The minimum absolute atomic E-state index is 0. The molecule has 0 spiro atoms. The number of imide groups is 1. The van der Waals surface area contributed by atoms with E-state index >= 15 is 0 Å². The Balaban J connectivity index is 0.00000583. The second kappa shape index (κ2) is 15.4. The van der Waals surface area contributed by atoms with Crippen LogP contribution in [0.15, 0.2) is 70.1 Å². The molecule has 3 heterocycles. The molecule has 0 bridgehead atoms. The summed E-state index contributed by atoms with van der Waals surface area (Å²) in [5.74, 6) is -1.74. The average Bonchev–Trinajstić information content (AvgIpc) is 3.54. The predicted molar refractivity (Wildman–Crippen MR) is 181 cm³/mol. The Morgan fingerprint density at radius 1 is 0.882 bits per heavy atom. The topological polar surface area (TPSA) is 184 Å². The number of anilines is 1. The van der Waals surface area contributed by atoms with Crippen LogP contribution in [0.3, 0.4) is 0 Å². The molecule has 0 saturated carbocycles. The average molecular weight is 766 g/mol. The van der Waals surface area contributed by atoms with E-state index in [1.54, 1.807) is 12.1 Å². The molecule has 16 heteroatoms. The van der Waals surface area contributed by atoms with Crippen LogP contribution in [0.1, 0.15) is 84.3 Å². The minimum atomic E-state index is -4.70. The summed E-state index contributed by atoms with van der Waals surface area (Å²) in [4.78, 5) is 42.1. The van der Waals surface area contributed by atoms with Gasteiger partial charge in [-0.15, -0.1) is 5.06 Å². The van der Waals surface area contributed by atoms with Gasteiger partial charge in [0.1, 0.15) is 26.8 Å². The monoisotopic (exact) mass is 765 g/mol. The molecule has 5 rings (SSSR count).